The third kappa shape index (κ3) is 6.01. The number of ether oxygens (including phenoxy) is 3. The van der Waals surface area contributed by atoms with Gasteiger partial charge in [-0.25, -0.2) is 0 Å². The van der Waals surface area contributed by atoms with Crippen LogP contribution in [0.15, 0.2) is 72.9 Å². The average Bonchev–Trinajstić information content (AvgIpc) is 3.42. The lowest BCUT2D eigenvalue weighted by molar-refractivity contribution is -0.127. The number of methoxy groups -OCH3 is 3. The van der Waals surface area contributed by atoms with Crippen molar-refractivity contribution >= 4 is 28.4 Å². The summed E-state index contributed by atoms with van der Waals surface area (Å²) in [6.45, 7) is 0. The Morgan fingerprint density at radius 3 is 2.34 bits per heavy atom. The third-order valence-electron chi connectivity index (χ3n) is 7.81. The molecule has 8 heteroatoms. The van der Waals surface area contributed by atoms with Crippen molar-refractivity contribution in [3.63, 3.8) is 0 Å². The number of para-hydroxylation sites is 3. The number of fused-ring (bicyclic) bond motifs is 1. The fourth-order valence-corrected chi connectivity index (χ4v) is 5.74. The van der Waals surface area contributed by atoms with Crippen molar-refractivity contribution in [2.24, 2.45) is 0 Å². The highest BCUT2D eigenvalue weighted by atomic mass is 16.5. The van der Waals surface area contributed by atoms with Crippen LogP contribution in [0, 0.1) is 0 Å². The van der Waals surface area contributed by atoms with Crippen LogP contribution in [-0.4, -0.2) is 44.2 Å². The second kappa shape index (κ2) is 12.8. The quantitative estimate of drug-likeness (QED) is 0.252. The van der Waals surface area contributed by atoms with Crippen molar-refractivity contribution in [1.29, 1.82) is 0 Å². The van der Waals surface area contributed by atoms with Gasteiger partial charge in [0.15, 0.2) is 11.5 Å². The fourth-order valence-electron chi connectivity index (χ4n) is 5.74. The Balaban J connectivity index is 1.63. The van der Waals surface area contributed by atoms with E-state index in [0.717, 1.165) is 42.1 Å². The number of carbonyl (C=O) groups excluding carboxylic acids is 2. The summed E-state index contributed by atoms with van der Waals surface area (Å²) in [5.74, 6) is 1.03. The number of benzene rings is 3. The molecular formula is C33H37N3O5. The van der Waals surface area contributed by atoms with Gasteiger partial charge in [0.1, 0.15) is 11.8 Å². The van der Waals surface area contributed by atoms with Crippen LogP contribution in [0.3, 0.4) is 0 Å². The van der Waals surface area contributed by atoms with Gasteiger partial charge in [-0.1, -0.05) is 55.7 Å². The summed E-state index contributed by atoms with van der Waals surface area (Å²) in [4.78, 5) is 33.5. The number of nitrogens with one attached hydrogen (secondary N) is 2. The second-order valence-electron chi connectivity index (χ2n) is 10.3. The Morgan fingerprint density at radius 2 is 1.59 bits per heavy atom. The van der Waals surface area contributed by atoms with Crippen molar-refractivity contribution in [3.8, 4) is 17.2 Å². The lowest BCUT2D eigenvalue weighted by Gasteiger charge is -2.34. The number of amides is 2. The summed E-state index contributed by atoms with van der Waals surface area (Å²) in [6.07, 6.45) is 7.09. The molecule has 2 amide bonds. The van der Waals surface area contributed by atoms with Gasteiger partial charge < -0.3 is 24.5 Å². The molecule has 0 saturated heterocycles. The molecule has 0 radical (unpaired) electrons. The molecule has 0 bridgehead atoms. The van der Waals surface area contributed by atoms with Gasteiger partial charge in [-0.05, 0) is 54.3 Å². The van der Waals surface area contributed by atoms with E-state index in [2.05, 4.69) is 10.3 Å². The minimum atomic E-state index is -0.981. The number of hydrogen-bond acceptors (Lipinski definition) is 5. The summed E-state index contributed by atoms with van der Waals surface area (Å²) in [5, 5.41) is 4.23. The largest absolute Gasteiger partial charge is 0.495 e. The maximum Gasteiger partial charge on any atom is 0.248 e. The topological polar surface area (TPSA) is 92.9 Å². The van der Waals surface area contributed by atoms with Gasteiger partial charge in [0.25, 0.3) is 0 Å². The van der Waals surface area contributed by atoms with E-state index in [1.54, 1.807) is 44.4 Å². The number of nitrogens with zero attached hydrogens (tertiary/aromatic N) is 1. The van der Waals surface area contributed by atoms with E-state index >= 15 is 0 Å². The highest BCUT2D eigenvalue weighted by Crippen LogP contribution is 2.38. The highest BCUT2D eigenvalue weighted by Gasteiger charge is 2.36. The van der Waals surface area contributed by atoms with Crippen LogP contribution in [0.2, 0.25) is 0 Å². The Morgan fingerprint density at radius 1 is 0.878 bits per heavy atom. The van der Waals surface area contributed by atoms with E-state index in [1.165, 1.54) is 6.42 Å². The zero-order chi connectivity index (χ0) is 28.8. The van der Waals surface area contributed by atoms with Crippen molar-refractivity contribution in [1.82, 2.24) is 10.3 Å². The number of H-pyrrole nitrogens is 1. The van der Waals surface area contributed by atoms with Gasteiger partial charge in [-0.3, -0.25) is 14.5 Å². The van der Waals surface area contributed by atoms with Crippen molar-refractivity contribution in [3.05, 3.63) is 84.1 Å². The Hall–Kier alpha value is -4.46. The van der Waals surface area contributed by atoms with Crippen LogP contribution in [0.5, 0.6) is 17.2 Å². The lowest BCUT2D eigenvalue weighted by atomic mass is 9.94. The molecule has 1 fully saturated rings. The van der Waals surface area contributed by atoms with Gasteiger partial charge in [0, 0.05) is 23.1 Å². The number of aromatic amines is 1. The summed E-state index contributed by atoms with van der Waals surface area (Å²) >= 11 is 0. The van der Waals surface area contributed by atoms with E-state index in [-0.39, 0.29) is 24.3 Å². The van der Waals surface area contributed by atoms with E-state index in [1.807, 2.05) is 54.7 Å². The number of anilines is 1. The molecule has 1 aliphatic rings. The first-order valence-electron chi connectivity index (χ1n) is 14.1. The standard InChI is InChI=1S/C33H37N3O5/c1-39-28-16-10-9-15-27(28)36(31(37)20-23-21-34-26-14-8-7-13-25(23)26)32(33(38)35-24-11-5-4-6-12-24)22-17-18-29(40-2)30(19-22)41-3/h7-10,13-19,21,24,32,34H,4-6,11-12,20H2,1-3H3,(H,35,38)/t32-/m1/s1. The first kappa shape index (κ1) is 28.1. The minimum Gasteiger partial charge on any atom is -0.495 e. The van der Waals surface area contributed by atoms with Gasteiger partial charge in [-0.2, -0.15) is 0 Å². The maximum absolute atomic E-state index is 14.4. The van der Waals surface area contributed by atoms with Crippen molar-refractivity contribution in [2.75, 3.05) is 26.2 Å². The first-order valence-corrected chi connectivity index (χ1v) is 14.1. The summed E-state index contributed by atoms with van der Waals surface area (Å²) in [7, 11) is 4.68. The predicted molar refractivity (Wildman–Crippen MR) is 160 cm³/mol. The molecule has 1 aromatic heterocycles. The fraction of sp³-hybridized carbons (Fsp3) is 0.333. The third-order valence-corrected chi connectivity index (χ3v) is 7.81. The second-order valence-corrected chi connectivity index (χ2v) is 10.3. The van der Waals surface area contributed by atoms with E-state index in [0.29, 0.717) is 28.5 Å². The molecule has 3 aromatic carbocycles. The molecular weight excluding hydrogens is 518 g/mol. The number of rotatable bonds is 10. The molecule has 8 nitrogen and oxygen atoms in total. The number of hydrogen-bond donors (Lipinski definition) is 2. The molecule has 2 N–H and O–H groups in total. The molecule has 41 heavy (non-hydrogen) atoms. The van der Waals surface area contributed by atoms with Crippen LogP contribution >= 0.6 is 0 Å². The summed E-state index contributed by atoms with van der Waals surface area (Å²) in [5.41, 5.74) is 2.92. The van der Waals surface area contributed by atoms with Crippen LogP contribution in [0.25, 0.3) is 10.9 Å². The monoisotopic (exact) mass is 555 g/mol. The maximum atomic E-state index is 14.4. The van der Waals surface area contributed by atoms with E-state index in [9.17, 15) is 9.59 Å². The summed E-state index contributed by atoms with van der Waals surface area (Å²) in [6, 6.07) is 19.6. The number of carbonyl (C=O) groups is 2. The average molecular weight is 556 g/mol. The predicted octanol–water partition coefficient (Wildman–Crippen LogP) is 5.96. The van der Waals surface area contributed by atoms with Crippen molar-refractivity contribution < 1.29 is 23.8 Å². The first-order chi connectivity index (χ1) is 20.0. The van der Waals surface area contributed by atoms with Gasteiger partial charge in [0.2, 0.25) is 11.8 Å². The molecule has 0 spiro atoms. The van der Waals surface area contributed by atoms with Crippen LogP contribution in [0.4, 0.5) is 5.69 Å². The molecule has 1 atom stereocenters. The Bertz CT molecular complexity index is 1510. The van der Waals surface area contributed by atoms with Gasteiger partial charge >= 0.3 is 0 Å². The molecule has 0 aliphatic heterocycles. The Kier molecular flexibility index (Phi) is 8.77. The molecule has 1 aliphatic carbocycles. The SMILES string of the molecule is COc1ccc([C@H](C(=O)NC2CCCCC2)N(C(=O)Cc2c[nH]c3ccccc23)c2ccccc2OC)cc1OC. The van der Waals surface area contributed by atoms with Crippen LogP contribution < -0.4 is 24.4 Å². The van der Waals surface area contributed by atoms with Crippen LogP contribution in [-0.2, 0) is 16.0 Å². The molecule has 214 valence electrons. The van der Waals surface area contributed by atoms with E-state index in [4.69, 9.17) is 14.2 Å². The number of aromatic nitrogens is 1. The normalized spacial score (nSPS) is 14.3. The van der Waals surface area contributed by atoms with Crippen LogP contribution in [0.1, 0.15) is 49.3 Å². The zero-order valence-corrected chi connectivity index (χ0v) is 23.8. The molecule has 5 rings (SSSR count). The van der Waals surface area contributed by atoms with Gasteiger partial charge in [-0.15, -0.1) is 0 Å². The smallest absolute Gasteiger partial charge is 0.248 e. The summed E-state index contributed by atoms with van der Waals surface area (Å²) < 4.78 is 16.8. The van der Waals surface area contributed by atoms with E-state index < -0.39 is 6.04 Å². The minimum absolute atomic E-state index is 0.0575. The van der Waals surface area contributed by atoms with Crippen molar-refractivity contribution in [2.45, 2.75) is 50.6 Å². The zero-order valence-electron chi connectivity index (χ0n) is 23.8. The molecule has 4 aromatic rings. The molecule has 1 heterocycles. The highest BCUT2D eigenvalue weighted by molar-refractivity contribution is 6.04. The lowest BCUT2D eigenvalue weighted by Crippen LogP contribution is -2.47. The molecule has 1 saturated carbocycles. The van der Waals surface area contributed by atoms with Gasteiger partial charge in [0.05, 0.1) is 33.4 Å². The Labute approximate surface area is 240 Å². The molecule has 0 unspecified atom stereocenters.